The van der Waals surface area contributed by atoms with E-state index in [-0.39, 0.29) is 0 Å². The molecule has 0 radical (unpaired) electrons. The highest BCUT2D eigenvalue weighted by atomic mass is 32.2. The standard InChI is InChI=1S/C19H26N2O4S/c1-24-18-10-9-17(14-20-11-6-12-21-26(2,22)23)13-19(18)25-15-16-7-4-3-5-8-16/h3-5,7-10,13,20-21H,6,11-12,14-15H2,1-2H3. The van der Waals surface area contributed by atoms with Crippen molar-refractivity contribution in [1.82, 2.24) is 10.0 Å². The monoisotopic (exact) mass is 378 g/mol. The molecule has 0 amide bonds. The zero-order valence-corrected chi connectivity index (χ0v) is 16.0. The third-order valence-electron chi connectivity index (χ3n) is 3.69. The summed E-state index contributed by atoms with van der Waals surface area (Å²) in [4.78, 5) is 0. The summed E-state index contributed by atoms with van der Waals surface area (Å²) in [5.74, 6) is 1.40. The molecule has 0 saturated heterocycles. The Labute approximate surface area is 155 Å². The number of hydrogen-bond acceptors (Lipinski definition) is 5. The highest BCUT2D eigenvalue weighted by Gasteiger charge is 2.06. The third kappa shape index (κ3) is 7.43. The Morgan fingerprint density at radius 2 is 1.73 bits per heavy atom. The van der Waals surface area contributed by atoms with Crippen molar-refractivity contribution in [3.63, 3.8) is 0 Å². The zero-order chi connectivity index (χ0) is 18.8. The van der Waals surface area contributed by atoms with Crippen LogP contribution >= 0.6 is 0 Å². The van der Waals surface area contributed by atoms with Crippen LogP contribution in [0.4, 0.5) is 0 Å². The van der Waals surface area contributed by atoms with Crippen LogP contribution in [-0.4, -0.2) is 34.9 Å². The number of nitrogens with one attached hydrogen (secondary N) is 2. The molecule has 0 aliphatic carbocycles. The van der Waals surface area contributed by atoms with Crippen LogP contribution in [0.5, 0.6) is 11.5 Å². The number of sulfonamides is 1. The van der Waals surface area contributed by atoms with E-state index in [4.69, 9.17) is 9.47 Å². The molecule has 0 aromatic heterocycles. The molecule has 0 unspecified atom stereocenters. The minimum atomic E-state index is -3.11. The van der Waals surface area contributed by atoms with Gasteiger partial charge in [0, 0.05) is 13.1 Å². The number of rotatable bonds is 11. The van der Waals surface area contributed by atoms with E-state index in [0.29, 0.717) is 31.2 Å². The van der Waals surface area contributed by atoms with E-state index in [1.807, 2.05) is 48.5 Å². The van der Waals surface area contributed by atoms with Gasteiger partial charge in [0.05, 0.1) is 13.4 Å². The van der Waals surface area contributed by atoms with Crippen molar-refractivity contribution in [3.05, 3.63) is 59.7 Å². The number of hydrogen-bond donors (Lipinski definition) is 2. The largest absolute Gasteiger partial charge is 0.493 e. The summed E-state index contributed by atoms with van der Waals surface area (Å²) >= 11 is 0. The fraction of sp³-hybridized carbons (Fsp3) is 0.368. The van der Waals surface area contributed by atoms with Gasteiger partial charge in [0.2, 0.25) is 10.0 Å². The fourth-order valence-corrected chi connectivity index (χ4v) is 2.90. The van der Waals surface area contributed by atoms with E-state index in [0.717, 1.165) is 30.3 Å². The van der Waals surface area contributed by atoms with Crippen molar-refractivity contribution in [2.24, 2.45) is 0 Å². The highest BCUT2D eigenvalue weighted by molar-refractivity contribution is 7.88. The van der Waals surface area contributed by atoms with E-state index in [2.05, 4.69) is 10.0 Å². The molecule has 0 spiro atoms. The summed E-state index contributed by atoms with van der Waals surface area (Å²) in [6.45, 7) is 2.30. The first-order valence-electron chi connectivity index (χ1n) is 8.47. The molecule has 7 heteroatoms. The van der Waals surface area contributed by atoms with Gasteiger partial charge in [-0.1, -0.05) is 36.4 Å². The van der Waals surface area contributed by atoms with E-state index in [1.54, 1.807) is 7.11 Å². The predicted octanol–water partition coefficient (Wildman–Crippen LogP) is 2.30. The Morgan fingerprint density at radius 1 is 0.962 bits per heavy atom. The van der Waals surface area contributed by atoms with Crippen molar-refractivity contribution in [2.45, 2.75) is 19.6 Å². The Morgan fingerprint density at radius 3 is 2.42 bits per heavy atom. The maximum Gasteiger partial charge on any atom is 0.208 e. The predicted molar refractivity (Wildman–Crippen MR) is 103 cm³/mol. The normalized spacial score (nSPS) is 11.3. The molecule has 0 aliphatic heterocycles. The van der Waals surface area contributed by atoms with Gasteiger partial charge < -0.3 is 14.8 Å². The van der Waals surface area contributed by atoms with E-state index < -0.39 is 10.0 Å². The smallest absolute Gasteiger partial charge is 0.208 e. The third-order valence-corrected chi connectivity index (χ3v) is 4.42. The Bertz CT molecular complexity index is 779. The van der Waals surface area contributed by atoms with E-state index >= 15 is 0 Å². The van der Waals surface area contributed by atoms with Gasteiger partial charge in [0.15, 0.2) is 11.5 Å². The van der Waals surface area contributed by atoms with Crippen LogP contribution in [0.1, 0.15) is 17.5 Å². The van der Waals surface area contributed by atoms with Gasteiger partial charge in [-0.25, -0.2) is 13.1 Å². The zero-order valence-electron chi connectivity index (χ0n) is 15.2. The van der Waals surface area contributed by atoms with Crippen molar-refractivity contribution in [3.8, 4) is 11.5 Å². The van der Waals surface area contributed by atoms with Crippen molar-refractivity contribution < 1.29 is 17.9 Å². The summed E-state index contributed by atoms with van der Waals surface area (Å²) in [6.07, 6.45) is 1.88. The molecule has 2 aromatic carbocycles. The number of ether oxygens (including phenoxy) is 2. The molecule has 6 nitrogen and oxygen atoms in total. The first kappa shape index (κ1) is 20.2. The highest BCUT2D eigenvalue weighted by Crippen LogP contribution is 2.28. The fourth-order valence-electron chi connectivity index (χ4n) is 2.38. The van der Waals surface area contributed by atoms with E-state index in [9.17, 15) is 8.42 Å². The lowest BCUT2D eigenvalue weighted by atomic mass is 10.2. The van der Waals surface area contributed by atoms with Gasteiger partial charge in [-0.05, 0) is 36.2 Å². The average molecular weight is 378 g/mol. The molecule has 0 heterocycles. The van der Waals surface area contributed by atoms with Crippen LogP contribution in [-0.2, 0) is 23.2 Å². The maximum absolute atomic E-state index is 11.0. The van der Waals surface area contributed by atoms with Gasteiger partial charge in [-0.15, -0.1) is 0 Å². The molecule has 2 aromatic rings. The molecule has 0 aliphatic rings. The summed E-state index contributed by atoms with van der Waals surface area (Å²) in [7, 11) is -1.49. The second kappa shape index (κ2) is 10.2. The number of methoxy groups -OCH3 is 1. The van der Waals surface area contributed by atoms with Crippen LogP contribution in [0.25, 0.3) is 0 Å². The Balaban J connectivity index is 1.83. The molecular formula is C19H26N2O4S. The Hall–Kier alpha value is -2.09. The van der Waals surface area contributed by atoms with Crippen LogP contribution in [0, 0.1) is 0 Å². The molecule has 0 atom stereocenters. The van der Waals surface area contributed by atoms with Crippen LogP contribution < -0.4 is 19.5 Å². The first-order valence-corrected chi connectivity index (χ1v) is 10.4. The maximum atomic E-state index is 11.0. The molecule has 2 N–H and O–H groups in total. The molecule has 0 saturated carbocycles. The van der Waals surface area contributed by atoms with Gasteiger partial charge in [0.25, 0.3) is 0 Å². The average Bonchev–Trinajstić information content (AvgIpc) is 2.63. The molecule has 0 fully saturated rings. The summed E-state index contributed by atoms with van der Waals surface area (Å²) in [5, 5.41) is 3.30. The summed E-state index contributed by atoms with van der Waals surface area (Å²) in [5.41, 5.74) is 2.17. The lowest BCUT2D eigenvalue weighted by Gasteiger charge is -2.13. The number of benzene rings is 2. The molecule has 0 bridgehead atoms. The summed E-state index contributed by atoms with van der Waals surface area (Å²) in [6, 6.07) is 15.8. The minimum Gasteiger partial charge on any atom is -0.493 e. The summed E-state index contributed by atoms with van der Waals surface area (Å²) < 4.78 is 35.7. The van der Waals surface area contributed by atoms with Gasteiger partial charge in [0.1, 0.15) is 6.61 Å². The van der Waals surface area contributed by atoms with Crippen LogP contribution in [0.3, 0.4) is 0 Å². The van der Waals surface area contributed by atoms with Crippen molar-refractivity contribution in [2.75, 3.05) is 26.5 Å². The van der Waals surface area contributed by atoms with Gasteiger partial charge >= 0.3 is 0 Å². The second-order valence-corrected chi connectivity index (χ2v) is 7.79. The first-order chi connectivity index (χ1) is 12.5. The lowest BCUT2D eigenvalue weighted by Crippen LogP contribution is -2.26. The topological polar surface area (TPSA) is 76.7 Å². The van der Waals surface area contributed by atoms with Crippen molar-refractivity contribution >= 4 is 10.0 Å². The van der Waals surface area contributed by atoms with Crippen LogP contribution in [0.15, 0.2) is 48.5 Å². The molecule has 2 rings (SSSR count). The quantitative estimate of drug-likeness (QED) is 0.587. The Kier molecular flexibility index (Phi) is 7.90. The van der Waals surface area contributed by atoms with Crippen molar-refractivity contribution in [1.29, 1.82) is 0 Å². The van der Waals surface area contributed by atoms with E-state index in [1.165, 1.54) is 0 Å². The molecule has 142 valence electrons. The SMILES string of the molecule is COc1ccc(CNCCCNS(C)(=O)=O)cc1OCc1ccccc1. The molecule has 26 heavy (non-hydrogen) atoms. The second-order valence-electron chi connectivity index (χ2n) is 5.96. The minimum absolute atomic E-state index is 0.430. The molecular weight excluding hydrogens is 352 g/mol. The van der Waals surface area contributed by atoms with Gasteiger partial charge in [-0.3, -0.25) is 0 Å². The van der Waals surface area contributed by atoms with Gasteiger partial charge in [-0.2, -0.15) is 0 Å². The van der Waals surface area contributed by atoms with Crippen LogP contribution in [0.2, 0.25) is 0 Å². The lowest BCUT2D eigenvalue weighted by molar-refractivity contribution is 0.284.